The molecule has 0 atom stereocenters. The minimum atomic E-state index is -0.626. The summed E-state index contributed by atoms with van der Waals surface area (Å²) < 4.78 is 4.90. The van der Waals surface area contributed by atoms with Crippen molar-refractivity contribution in [3.63, 3.8) is 0 Å². The zero-order valence-corrected chi connectivity index (χ0v) is 8.01. The average molecular weight is 226 g/mol. The highest BCUT2D eigenvalue weighted by atomic mass is 35.5. The first-order valence-corrected chi connectivity index (χ1v) is 4.27. The molecular weight excluding hydrogens is 222 g/mol. The average Bonchev–Trinajstić information content (AvgIpc) is 2.68. The number of hydrogen-bond acceptors (Lipinski definition) is 5. The largest absolute Gasteiger partial charge is 0.433 e. The third kappa shape index (κ3) is 1.94. The van der Waals surface area contributed by atoms with Gasteiger partial charge >= 0.3 is 5.88 Å². The Hall–Kier alpha value is -1.95. The van der Waals surface area contributed by atoms with Gasteiger partial charge in [0.15, 0.2) is 11.6 Å². The Labute approximate surface area is 88.7 Å². The Bertz CT molecular complexity index is 494. The summed E-state index contributed by atoms with van der Waals surface area (Å²) in [5, 5.41) is 10.7. The number of aromatic nitrogens is 2. The first kappa shape index (κ1) is 9.60. The van der Waals surface area contributed by atoms with E-state index >= 15 is 0 Å². The molecule has 0 N–H and O–H groups in total. The van der Waals surface area contributed by atoms with Crippen LogP contribution in [0.15, 0.2) is 28.9 Å². The van der Waals surface area contributed by atoms with E-state index in [9.17, 15) is 10.1 Å². The third-order valence-corrected chi connectivity index (χ3v) is 1.81. The Balaban J connectivity index is 2.37. The van der Waals surface area contributed by atoms with Crippen LogP contribution in [-0.4, -0.2) is 14.9 Å². The Kier molecular flexibility index (Phi) is 2.34. The molecule has 0 aliphatic heterocycles. The molecule has 0 aromatic carbocycles. The summed E-state index contributed by atoms with van der Waals surface area (Å²) in [5.41, 5.74) is 0. The van der Waals surface area contributed by atoms with Crippen LogP contribution < -0.4 is 0 Å². The maximum absolute atomic E-state index is 10.3. The molecular formula is C8H4ClN3O3. The summed E-state index contributed by atoms with van der Waals surface area (Å²) in [4.78, 5) is 17.4. The summed E-state index contributed by atoms with van der Waals surface area (Å²) >= 11 is 5.59. The van der Waals surface area contributed by atoms with E-state index < -0.39 is 4.92 Å². The monoisotopic (exact) mass is 225 g/mol. The number of halogens is 1. The molecule has 0 bridgehead atoms. The molecule has 2 aromatic heterocycles. The first-order valence-electron chi connectivity index (χ1n) is 3.89. The molecule has 0 unspecified atom stereocenters. The van der Waals surface area contributed by atoms with E-state index in [-0.39, 0.29) is 17.5 Å². The van der Waals surface area contributed by atoms with Crippen LogP contribution in [0.4, 0.5) is 5.88 Å². The van der Waals surface area contributed by atoms with Gasteiger partial charge in [0.1, 0.15) is 4.92 Å². The molecule has 6 nitrogen and oxygen atoms in total. The summed E-state index contributed by atoms with van der Waals surface area (Å²) in [6.45, 7) is 0. The van der Waals surface area contributed by atoms with Crippen molar-refractivity contribution in [2.75, 3.05) is 0 Å². The van der Waals surface area contributed by atoms with E-state index in [0.717, 1.165) is 0 Å². The smallest absolute Gasteiger partial charge is 0.397 e. The SMILES string of the molecule is O=[N+]([O-])c1ccc(-c2ncc(Cl)cn2)o1. The van der Waals surface area contributed by atoms with E-state index in [1.807, 2.05) is 0 Å². The molecule has 7 heteroatoms. The predicted octanol–water partition coefficient (Wildman–Crippen LogP) is 2.30. The second-order valence-electron chi connectivity index (χ2n) is 2.62. The first-order chi connectivity index (χ1) is 7.16. The van der Waals surface area contributed by atoms with Gasteiger partial charge in [-0.25, -0.2) is 9.97 Å². The van der Waals surface area contributed by atoms with Gasteiger partial charge in [-0.05, 0) is 6.07 Å². The normalized spacial score (nSPS) is 10.2. The molecule has 0 radical (unpaired) electrons. The van der Waals surface area contributed by atoms with Crippen molar-refractivity contribution >= 4 is 17.5 Å². The Morgan fingerprint density at radius 2 is 2.00 bits per heavy atom. The van der Waals surface area contributed by atoms with E-state index in [0.29, 0.717) is 5.02 Å². The van der Waals surface area contributed by atoms with Crippen LogP contribution in [0.2, 0.25) is 5.02 Å². The van der Waals surface area contributed by atoms with Gasteiger partial charge in [0.25, 0.3) is 0 Å². The van der Waals surface area contributed by atoms with E-state index in [4.69, 9.17) is 16.0 Å². The second-order valence-corrected chi connectivity index (χ2v) is 3.06. The lowest BCUT2D eigenvalue weighted by Gasteiger charge is -1.93. The minimum absolute atomic E-state index is 0.235. The molecule has 2 aromatic rings. The summed E-state index contributed by atoms with van der Waals surface area (Å²) in [6, 6.07) is 2.68. The molecule has 76 valence electrons. The van der Waals surface area contributed by atoms with Crippen LogP contribution in [-0.2, 0) is 0 Å². The Morgan fingerprint density at radius 1 is 1.33 bits per heavy atom. The quantitative estimate of drug-likeness (QED) is 0.578. The summed E-state index contributed by atoms with van der Waals surface area (Å²) in [6.07, 6.45) is 2.77. The fourth-order valence-corrected chi connectivity index (χ4v) is 1.08. The number of nitro groups is 1. The van der Waals surface area contributed by atoms with E-state index in [2.05, 4.69) is 9.97 Å². The lowest BCUT2D eigenvalue weighted by Crippen LogP contribution is -1.86. The molecule has 0 amide bonds. The van der Waals surface area contributed by atoms with Gasteiger partial charge in [-0.2, -0.15) is 0 Å². The molecule has 15 heavy (non-hydrogen) atoms. The highest BCUT2D eigenvalue weighted by Crippen LogP contribution is 2.23. The van der Waals surface area contributed by atoms with Gasteiger partial charge in [0.2, 0.25) is 0 Å². The molecule has 2 rings (SSSR count). The van der Waals surface area contributed by atoms with Gasteiger partial charge < -0.3 is 4.42 Å². The molecule has 0 spiro atoms. The standard InChI is InChI=1S/C8H4ClN3O3/c9-5-3-10-8(11-4-5)6-1-2-7(15-6)12(13)14/h1-4H. The summed E-state index contributed by atoms with van der Waals surface area (Å²) in [7, 11) is 0. The highest BCUT2D eigenvalue weighted by molar-refractivity contribution is 6.30. The molecule has 0 fully saturated rings. The number of furan rings is 1. The molecule has 0 aliphatic rings. The minimum Gasteiger partial charge on any atom is -0.397 e. The zero-order valence-electron chi connectivity index (χ0n) is 7.25. The maximum atomic E-state index is 10.3. The summed E-state index contributed by atoms with van der Waals surface area (Å²) in [5.74, 6) is 0.148. The van der Waals surface area contributed by atoms with Crippen molar-refractivity contribution in [3.8, 4) is 11.6 Å². The topological polar surface area (TPSA) is 82.1 Å². The fraction of sp³-hybridized carbons (Fsp3) is 0. The van der Waals surface area contributed by atoms with Crippen molar-refractivity contribution < 1.29 is 9.34 Å². The van der Waals surface area contributed by atoms with Crippen LogP contribution in [0.5, 0.6) is 0 Å². The van der Waals surface area contributed by atoms with Crippen LogP contribution in [0.1, 0.15) is 0 Å². The maximum Gasteiger partial charge on any atom is 0.433 e. The van der Waals surface area contributed by atoms with E-state index in [1.54, 1.807) is 0 Å². The van der Waals surface area contributed by atoms with Crippen LogP contribution in [0.3, 0.4) is 0 Å². The lowest BCUT2D eigenvalue weighted by atomic mass is 10.4. The predicted molar refractivity (Wildman–Crippen MR) is 51.4 cm³/mol. The van der Waals surface area contributed by atoms with Crippen molar-refractivity contribution in [1.82, 2.24) is 9.97 Å². The highest BCUT2D eigenvalue weighted by Gasteiger charge is 2.14. The van der Waals surface area contributed by atoms with Gasteiger partial charge in [-0.15, -0.1) is 0 Å². The third-order valence-electron chi connectivity index (χ3n) is 1.61. The number of nitrogens with zero attached hydrogens (tertiary/aromatic N) is 3. The number of rotatable bonds is 2. The molecule has 0 saturated heterocycles. The van der Waals surface area contributed by atoms with Crippen molar-refractivity contribution in [1.29, 1.82) is 0 Å². The van der Waals surface area contributed by atoms with Crippen LogP contribution in [0.25, 0.3) is 11.6 Å². The van der Waals surface area contributed by atoms with Gasteiger partial charge in [-0.3, -0.25) is 10.1 Å². The molecule has 2 heterocycles. The van der Waals surface area contributed by atoms with Crippen molar-refractivity contribution in [2.24, 2.45) is 0 Å². The van der Waals surface area contributed by atoms with Crippen LogP contribution in [0, 0.1) is 10.1 Å². The lowest BCUT2D eigenvalue weighted by molar-refractivity contribution is -0.401. The fourth-order valence-electron chi connectivity index (χ4n) is 0.986. The second kappa shape index (κ2) is 3.66. The van der Waals surface area contributed by atoms with Crippen molar-refractivity contribution in [2.45, 2.75) is 0 Å². The van der Waals surface area contributed by atoms with Gasteiger partial charge in [-0.1, -0.05) is 11.6 Å². The van der Waals surface area contributed by atoms with E-state index in [1.165, 1.54) is 24.5 Å². The molecule has 0 saturated carbocycles. The number of hydrogen-bond donors (Lipinski definition) is 0. The Morgan fingerprint density at radius 3 is 2.53 bits per heavy atom. The molecule has 0 aliphatic carbocycles. The van der Waals surface area contributed by atoms with Gasteiger partial charge in [0, 0.05) is 12.4 Å². The van der Waals surface area contributed by atoms with Crippen LogP contribution >= 0.6 is 11.6 Å². The van der Waals surface area contributed by atoms with Crippen molar-refractivity contribution in [3.05, 3.63) is 39.7 Å². The zero-order chi connectivity index (χ0) is 10.8. The van der Waals surface area contributed by atoms with Gasteiger partial charge in [0.05, 0.1) is 11.1 Å².